The van der Waals surface area contributed by atoms with Gasteiger partial charge in [0.2, 0.25) is 5.00 Å². The number of hydrogen-bond donors (Lipinski definition) is 2. The SMILES string of the molecule is CC(O)C(N)(Cl)C(=O)ON=[N+]=[N-]. The van der Waals surface area contributed by atoms with E-state index >= 15 is 0 Å². The molecule has 12 heavy (non-hydrogen) atoms. The number of carbonyl (C=O) groups is 1. The highest BCUT2D eigenvalue weighted by molar-refractivity contribution is 6.33. The van der Waals surface area contributed by atoms with Crippen molar-refractivity contribution in [3.8, 4) is 0 Å². The van der Waals surface area contributed by atoms with Crippen LogP contribution in [-0.4, -0.2) is 22.2 Å². The van der Waals surface area contributed by atoms with Crippen LogP contribution in [0, 0.1) is 0 Å². The first kappa shape index (κ1) is 11.0. The molecule has 0 aromatic carbocycles. The molecule has 7 nitrogen and oxygen atoms in total. The van der Waals surface area contributed by atoms with E-state index in [2.05, 4.69) is 15.0 Å². The highest BCUT2D eigenvalue weighted by Gasteiger charge is 2.38. The van der Waals surface area contributed by atoms with Gasteiger partial charge in [-0.2, -0.15) is 0 Å². The molecule has 2 unspecified atom stereocenters. The molecule has 0 rings (SSSR count). The Morgan fingerprint density at radius 2 is 2.50 bits per heavy atom. The Morgan fingerprint density at radius 3 is 2.83 bits per heavy atom. The Morgan fingerprint density at radius 1 is 2.00 bits per heavy atom. The number of alkyl halides is 1. The number of hydrogen-bond acceptors (Lipinski definition) is 5. The maximum Gasteiger partial charge on any atom is 0.356 e. The molecule has 0 bridgehead atoms. The predicted molar refractivity (Wildman–Crippen MR) is 39.7 cm³/mol. The van der Waals surface area contributed by atoms with Crippen LogP contribution in [0.5, 0.6) is 0 Å². The van der Waals surface area contributed by atoms with E-state index in [9.17, 15) is 4.79 Å². The highest BCUT2D eigenvalue weighted by Crippen LogP contribution is 2.14. The minimum Gasteiger partial charge on any atom is -0.390 e. The second-order valence-electron chi connectivity index (χ2n) is 1.99. The lowest BCUT2D eigenvalue weighted by atomic mass is 10.2. The normalized spacial score (nSPS) is 17.0. The summed E-state index contributed by atoms with van der Waals surface area (Å²) in [5.74, 6) is -1.21. The Bertz CT molecular complexity index is 222. The zero-order valence-electron chi connectivity index (χ0n) is 6.14. The zero-order chi connectivity index (χ0) is 9.78. The third-order valence-electron chi connectivity index (χ3n) is 1.08. The molecule has 0 spiro atoms. The number of azide groups is 1. The fourth-order valence-electron chi connectivity index (χ4n) is 0.296. The average molecular weight is 195 g/mol. The van der Waals surface area contributed by atoms with Gasteiger partial charge in [-0.15, -0.1) is 0 Å². The summed E-state index contributed by atoms with van der Waals surface area (Å²) in [6.45, 7) is 1.20. The molecular weight excluding hydrogens is 188 g/mol. The van der Waals surface area contributed by atoms with Crippen LogP contribution in [0.15, 0.2) is 5.28 Å². The van der Waals surface area contributed by atoms with Crippen molar-refractivity contribution in [2.24, 2.45) is 11.0 Å². The Hall–Kier alpha value is -1.01. The number of nitrogens with two attached hydrogens (primary N) is 1. The van der Waals surface area contributed by atoms with Gasteiger partial charge >= 0.3 is 5.97 Å². The molecule has 0 aliphatic carbocycles. The molecule has 0 fully saturated rings. The Kier molecular flexibility index (Phi) is 3.78. The maximum atomic E-state index is 10.8. The summed E-state index contributed by atoms with van der Waals surface area (Å²) >= 11 is 5.33. The van der Waals surface area contributed by atoms with Crippen molar-refractivity contribution in [2.45, 2.75) is 18.0 Å². The molecule has 0 heterocycles. The summed E-state index contributed by atoms with van der Waals surface area (Å²) in [4.78, 5) is 14.7. The molecule has 8 heteroatoms. The summed E-state index contributed by atoms with van der Waals surface area (Å²) in [6.07, 6.45) is -1.32. The molecule has 0 aromatic rings. The van der Waals surface area contributed by atoms with E-state index in [0.29, 0.717) is 0 Å². The summed E-state index contributed by atoms with van der Waals surface area (Å²) in [7, 11) is 0. The van der Waals surface area contributed by atoms with Crippen molar-refractivity contribution in [1.82, 2.24) is 0 Å². The van der Waals surface area contributed by atoms with Crippen LogP contribution < -0.4 is 5.73 Å². The van der Waals surface area contributed by atoms with Crippen molar-refractivity contribution in [2.75, 3.05) is 0 Å². The Labute approximate surface area is 72.6 Å². The van der Waals surface area contributed by atoms with E-state index in [-0.39, 0.29) is 0 Å². The molecular formula is C4H7ClN4O3. The average Bonchev–Trinajstić information content (AvgIpc) is 1.99. The van der Waals surface area contributed by atoms with E-state index in [1.165, 1.54) is 6.92 Å². The molecule has 0 amide bonds. The van der Waals surface area contributed by atoms with Gasteiger partial charge in [0.15, 0.2) is 0 Å². The van der Waals surface area contributed by atoms with Crippen LogP contribution in [-0.2, 0) is 9.63 Å². The van der Waals surface area contributed by atoms with E-state index in [1.807, 2.05) is 0 Å². The number of rotatable bonds is 3. The van der Waals surface area contributed by atoms with Gasteiger partial charge in [0, 0.05) is 4.91 Å². The van der Waals surface area contributed by atoms with Crippen molar-refractivity contribution in [3.05, 3.63) is 10.4 Å². The molecule has 2 atom stereocenters. The lowest BCUT2D eigenvalue weighted by Gasteiger charge is -2.20. The third-order valence-corrected chi connectivity index (χ3v) is 1.55. The van der Waals surface area contributed by atoms with Crippen molar-refractivity contribution in [1.29, 1.82) is 0 Å². The van der Waals surface area contributed by atoms with Gasteiger partial charge in [-0.3, -0.25) is 0 Å². The monoisotopic (exact) mass is 194 g/mol. The first-order valence-electron chi connectivity index (χ1n) is 2.84. The van der Waals surface area contributed by atoms with Gasteiger partial charge in [-0.1, -0.05) is 11.6 Å². The Balaban J connectivity index is 4.35. The molecule has 0 aromatic heterocycles. The fourth-order valence-corrected chi connectivity index (χ4v) is 0.330. The fraction of sp³-hybridized carbons (Fsp3) is 0.750. The number of carbonyl (C=O) groups excluding carboxylic acids is 1. The van der Waals surface area contributed by atoms with Crippen LogP contribution in [0.4, 0.5) is 0 Å². The van der Waals surface area contributed by atoms with Gasteiger partial charge in [0.25, 0.3) is 0 Å². The van der Waals surface area contributed by atoms with Crippen molar-refractivity contribution in [3.63, 3.8) is 0 Å². The molecule has 0 saturated carbocycles. The zero-order valence-corrected chi connectivity index (χ0v) is 6.89. The number of halogens is 1. The van der Waals surface area contributed by atoms with Gasteiger partial charge in [-0.25, -0.2) is 4.79 Å². The summed E-state index contributed by atoms with van der Waals surface area (Å²) in [5.41, 5.74) is 12.9. The minimum atomic E-state index is -2.09. The van der Waals surface area contributed by atoms with Gasteiger partial charge < -0.3 is 15.7 Å². The van der Waals surface area contributed by atoms with Gasteiger partial charge in [-0.05, 0) is 12.5 Å². The first-order valence-corrected chi connectivity index (χ1v) is 3.22. The highest BCUT2D eigenvalue weighted by atomic mass is 35.5. The van der Waals surface area contributed by atoms with Crippen LogP contribution in [0.2, 0.25) is 0 Å². The largest absolute Gasteiger partial charge is 0.390 e. The smallest absolute Gasteiger partial charge is 0.356 e. The summed E-state index contributed by atoms with van der Waals surface area (Å²) in [5, 5.41) is 11.3. The van der Waals surface area contributed by atoms with Gasteiger partial charge in [0.05, 0.1) is 6.10 Å². The van der Waals surface area contributed by atoms with Crippen LogP contribution in [0.25, 0.3) is 10.4 Å². The summed E-state index contributed by atoms with van der Waals surface area (Å²) in [6, 6.07) is 0. The molecule has 0 saturated heterocycles. The maximum absolute atomic E-state index is 10.8. The van der Waals surface area contributed by atoms with Crippen molar-refractivity contribution < 1.29 is 14.7 Å². The first-order chi connectivity index (χ1) is 5.42. The van der Waals surface area contributed by atoms with Crippen LogP contribution >= 0.6 is 11.6 Å². The number of aliphatic hydroxyl groups excluding tert-OH is 1. The minimum absolute atomic E-state index is 1.20. The lowest BCUT2D eigenvalue weighted by Crippen LogP contribution is -2.51. The summed E-state index contributed by atoms with van der Waals surface area (Å²) < 4.78 is 0. The van der Waals surface area contributed by atoms with Crippen LogP contribution in [0.3, 0.4) is 0 Å². The third kappa shape index (κ3) is 2.55. The second kappa shape index (κ2) is 4.13. The second-order valence-corrected chi connectivity index (χ2v) is 2.62. The van der Waals surface area contributed by atoms with E-state index in [0.717, 1.165) is 0 Å². The topological polar surface area (TPSA) is 121 Å². The number of aliphatic hydroxyl groups is 1. The van der Waals surface area contributed by atoms with Crippen LogP contribution in [0.1, 0.15) is 6.92 Å². The molecule has 68 valence electrons. The predicted octanol–water partition coefficient (Wildman–Crippen LogP) is 0.0295. The van der Waals surface area contributed by atoms with Crippen molar-refractivity contribution >= 4 is 17.6 Å². The standard InChI is InChI=1S/C4H7ClN4O3/c1-2(10)4(5,6)3(11)12-9-8-7/h2,10H,6H2,1H3. The molecule has 0 aliphatic rings. The lowest BCUT2D eigenvalue weighted by molar-refractivity contribution is -0.150. The molecule has 0 aliphatic heterocycles. The molecule has 0 radical (unpaired) electrons. The quantitative estimate of drug-likeness (QED) is 0.164. The van der Waals surface area contributed by atoms with Gasteiger partial charge in [0.1, 0.15) is 5.28 Å². The molecule has 3 N–H and O–H groups in total. The van der Waals surface area contributed by atoms with E-state index < -0.39 is 17.1 Å². The van der Waals surface area contributed by atoms with E-state index in [1.54, 1.807) is 0 Å². The van der Waals surface area contributed by atoms with E-state index in [4.69, 9.17) is 28.0 Å². The number of nitrogens with zero attached hydrogens (tertiary/aromatic N) is 3.